The first-order valence-corrected chi connectivity index (χ1v) is 9.37. The summed E-state index contributed by atoms with van der Waals surface area (Å²) in [5.74, 6) is 1.86. The lowest BCUT2D eigenvalue weighted by molar-refractivity contribution is -0.120. The molecule has 27 heavy (non-hydrogen) atoms. The predicted molar refractivity (Wildman–Crippen MR) is 107 cm³/mol. The topological polar surface area (TPSA) is 77.2 Å². The SMILES string of the molecule is NC[C@H]1CCC[C@H]1C(=O)Nc1ccc(Oc2ccnc3ccccc23)cc1. The lowest BCUT2D eigenvalue weighted by Gasteiger charge is -2.17. The molecule has 3 aromatic rings. The van der Waals surface area contributed by atoms with Gasteiger partial charge in [0, 0.05) is 23.2 Å². The molecule has 5 nitrogen and oxygen atoms in total. The Bertz CT molecular complexity index is 934. The van der Waals surface area contributed by atoms with E-state index in [2.05, 4.69) is 10.3 Å². The standard InChI is InChI=1S/C22H23N3O2/c23-14-15-4-3-6-18(15)22(26)25-16-8-10-17(11-9-16)27-21-12-13-24-20-7-2-1-5-19(20)21/h1-2,5,7-13,15,18H,3-4,6,14,23H2,(H,25,26)/t15-,18-/m1/s1. The van der Waals surface area contributed by atoms with Crippen LogP contribution in [-0.2, 0) is 4.79 Å². The van der Waals surface area contributed by atoms with Crippen molar-refractivity contribution in [1.82, 2.24) is 4.98 Å². The number of ether oxygens (including phenoxy) is 1. The van der Waals surface area contributed by atoms with Crippen molar-refractivity contribution in [3.63, 3.8) is 0 Å². The number of hydrogen-bond donors (Lipinski definition) is 2. The lowest BCUT2D eigenvalue weighted by Crippen LogP contribution is -2.29. The van der Waals surface area contributed by atoms with Crippen molar-refractivity contribution in [3.05, 3.63) is 60.8 Å². The molecule has 1 aliphatic rings. The molecule has 3 N–H and O–H groups in total. The monoisotopic (exact) mass is 361 g/mol. The Morgan fingerprint density at radius 3 is 2.74 bits per heavy atom. The molecule has 1 amide bonds. The molecule has 1 aromatic heterocycles. The van der Waals surface area contributed by atoms with E-state index >= 15 is 0 Å². The van der Waals surface area contributed by atoms with Gasteiger partial charge in [-0.3, -0.25) is 9.78 Å². The van der Waals surface area contributed by atoms with E-state index in [1.165, 1.54) is 0 Å². The summed E-state index contributed by atoms with van der Waals surface area (Å²) in [5.41, 5.74) is 7.45. The maximum Gasteiger partial charge on any atom is 0.227 e. The molecule has 1 heterocycles. The van der Waals surface area contributed by atoms with Crippen LogP contribution in [0.3, 0.4) is 0 Å². The van der Waals surface area contributed by atoms with Crippen molar-refractivity contribution in [3.8, 4) is 11.5 Å². The smallest absolute Gasteiger partial charge is 0.227 e. The number of anilines is 1. The van der Waals surface area contributed by atoms with Crippen LogP contribution in [0, 0.1) is 11.8 Å². The number of hydrogen-bond acceptors (Lipinski definition) is 4. The van der Waals surface area contributed by atoms with Crippen LogP contribution in [0.15, 0.2) is 60.8 Å². The van der Waals surface area contributed by atoms with E-state index in [0.717, 1.165) is 41.6 Å². The number of benzene rings is 2. The zero-order valence-electron chi connectivity index (χ0n) is 15.1. The van der Waals surface area contributed by atoms with Crippen LogP contribution in [0.1, 0.15) is 19.3 Å². The highest BCUT2D eigenvalue weighted by Gasteiger charge is 2.31. The molecule has 1 aliphatic carbocycles. The van der Waals surface area contributed by atoms with Gasteiger partial charge in [-0.15, -0.1) is 0 Å². The summed E-state index contributed by atoms with van der Waals surface area (Å²) in [6.07, 6.45) is 4.78. The Morgan fingerprint density at radius 2 is 1.93 bits per heavy atom. The number of pyridine rings is 1. The van der Waals surface area contributed by atoms with E-state index in [9.17, 15) is 4.79 Å². The van der Waals surface area contributed by atoms with Gasteiger partial charge in [0.15, 0.2) is 0 Å². The fraction of sp³-hybridized carbons (Fsp3) is 0.273. The van der Waals surface area contributed by atoms with Gasteiger partial charge >= 0.3 is 0 Å². The second kappa shape index (κ2) is 7.76. The molecule has 0 saturated heterocycles. The van der Waals surface area contributed by atoms with Gasteiger partial charge < -0.3 is 15.8 Å². The first-order valence-electron chi connectivity index (χ1n) is 9.37. The summed E-state index contributed by atoms with van der Waals surface area (Å²) in [6, 6.07) is 17.2. The van der Waals surface area contributed by atoms with Gasteiger partial charge in [0.1, 0.15) is 11.5 Å². The van der Waals surface area contributed by atoms with E-state index in [1.807, 2.05) is 54.6 Å². The number of nitrogens with one attached hydrogen (secondary N) is 1. The largest absolute Gasteiger partial charge is 0.457 e. The van der Waals surface area contributed by atoms with Gasteiger partial charge in [0.05, 0.1) is 5.52 Å². The van der Waals surface area contributed by atoms with Crippen molar-refractivity contribution in [1.29, 1.82) is 0 Å². The Morgan fingerprint density at radius 1 is 1.11 bits per heavy atom. The van der Waals surface area contributed by atoms with Crippen molar-refractivity contribution in [2.24, 2.45) is 17.6 Å². The zero-order chi connectivity index (χ0) is 18.6. The third-order valence-corrected chi connectivity index (χ3v) is 5.26. The Balaban J connectivity index is 1.45. The molecule has 0 unspecified atom stereocenters. The average Bonchev–Trinajstić information content (AvgIpc) is 3.19. The lowest BCUT2D eigenvalue weighted by atomic mass is 9.95. The van der Waals surface area contributed by atoms with Gasteiger partial charge in [-0.2, -0.15) is 0 Å². The first-order chi connectivity index (χ1) is 13.2. The van der Waals surface area contributed by atoms with Crippen LogP contribution >= 0.6 is 0 Å². The van der Waals surface area contributed by atoms with E-state index < -0.39 is 0 Å². The van der Waals surface area contributed by atoms with Gasteiger partial charge in [-0.25, -0.2) is 0 Å². The minimum Gasteiger partial charge on any atom is -0.457 e. The number of fused-ring (bicyclic) bond motifs is 1. The molecule has 1 saturated carbocycles. The number of carbonyl (C=O) groups is 1. The van der Waals surface area contributed by atoms with Crippen molar-refractivity contribution < 1.29 is 9.53 Å². The predicted octanol–water partition coefficient (Wildman–Crippen LogP) is 4.34. The quantitative estimate of drug-likeness (QED) is 0.709. The second-order valence-electron chi connectivity index (χ2n) is 6.98. The molecule has 5 heteroatoms. The third-order valence-electron chi connectivity index (χ3n) is 5.26. The number of rotatable bonds is 5. The van der Waals surface area contributed by atoms with Crippen LogP contribution in [0.2, 0.25) is 0 Å². The van der Waals surface area contributed by atoms with Gasteiger partial charge in [0.25, 0.3) is 0 Å². The molecule has 0 bridgehead atoms. The normalized spacial score (nSPS) is 19.1. The number of para-hydroxylation sites is 1. The first kappa shape index (κ1) is 17.5. The average molecular weight is 361 g/mol. The van der Waals surface area contributed by atoms with Crippen LogP contribution in [-0.4, -0.2) is 17.4 Å². The number of nitrogens with two attached hydrogens (primary N) is 1. The molecule has 2 aromatic carbocycles. The summed E-state index contributed by atoms with van der Waals surface area (Å²) in [6.45, 7) is 0.574. The highest BCUT2D eigenvalue weighted by molar-refractivity contribution is 5.93. The van der Waals surface area contributed by atoms with Crippen LogP contribution < -0.4 is 15.8 Å². The van der Waals surface area contributed by atoms with E-state index in [1.54, 1.807) is 6.20 Å². The number of aromatic nitrogens is 1. The Hall–Kier alpha value is -2.92. The molecule has 138 valence electrons. The molecule has 1 fully saturated rings. The number of carbonyl (C=O) groups excluding carboxylic acids is 1. The maximum atomic E-state index is 12.5. The summed E-state index contributed by atoms with van der Waals surface area (Å²) >= 11 is 0. The summed E-state index contributed by atoms with van der Waals surface area (Å²) in [4.78, 5) is 16.8. The Kier molecular flexibility index (Phi) is 5.03. The van der Waals surface area contributed by atoms with Crippen LogP contribution in [0.5, 0.6) is 11.5 Å². The third kappa shape index (κ3) is 3.78. The molecule has 2 atom stereocenters. The molecular formula is C22H23N3O2. The fourth-order valence-corrected chi connectivity index (χ4v) is 3.79. The Labute approximate surface area is 158 Å². The van der Waals surface area contributed by atoms with Crippen molar-refractivity contribution in [2.45, 2.75) is 19.3 Å². The summed E-state index contributed by atoms with van der Waals surface area (Å²) in [5, 5.41) is 3.97. The summed E-state index contributed by atoms with van der Waals surface area (Å²) < 4.78 is 6.02. The van der Waals surface area contributed by atoms with E-state index in [-0.39, 0.29) is 11.8 Å². The van der Waals surface area contributed by atoms with Crippen LogP contribution in [0.25, 0.3) is 10.9 Å². The molecule has 4 rings (SSSR count). The molecule has 0 spiro atoms. The second-order valence-corrected chi connectivity index (χ2v) is 6.98. The fourth-order valence-electron chi connectivity index (χ4n) is 3.79. The number of nitrogens with zero attached hydrogens (tertiary/aromatic N) is 1. The minimum absolute atomic E-state index is 0.0223. The van der Waals surface area contributed by atoms with Crippen molar-refractivity contribution >= 4 is 22.5 Å². The van der Waals surface area contributed by atoms with Crippen LogP contribution in [0.4, 0.5) is 5.69 Å². The van der Waals surface area contributed by atoms with Crippen molar-refractivity contribution in [2.75, 3.05) is 11.9 Å². The summed E-state index contributed by atoms with van der Waals surface area (Å²) in [7, 11) is 0. The highest BCUT2D eigenvalue weighted by atomic mass is 16.5. The van der Waals surface area contributed by atoms with Gasteiger partial charge in [-0.05, 0) is 67.8 Å². The van der Waals surface area contributed by atoms with E-state index in [4.69, 9.17) is 10.5 Å². The maximum absolute atomic E-state index is 12.5. The molecule has 0 radical (unpaired) electrons. The minimum atomic E-state index is 0.0223. The highest BCUT2D eigenvalue weighted by Crippen LogP contribution is 2.32. The molecule has 0 aliphatic heterocycles. The van der Waals surface area contributed by atoms with Gasteiger partial charge in [-0.1, -0.05) is 18.6 Å². The van der Waals surface area contributed by atoms with Gasteiger partial charge in [0.2, 0.25) is 5.91 Å². The number of amides is 1. The van der Waals surface area contributed by atoms with E-state index in [0.29, 0.717) is 18.2 Å². The molecular weight excluding hydrogens is 338 g/mol. The zero-order valence-corrected chi connectivity index (χ0v) is 15.1.